The highest BCUT2D eigenvalue weighted by molar-refractivity contribution is 5.90. The van der Waals surface area contributed by atoms with Crippen molar-refractivity contribution in [3.63, 3.8) is 0 Å². The van der Waals surface area contributed by atoms with Gasteiger partial charge in [-0.25, -0.2) is 4.98 Å². The molecule has 0 unspecified atom stereocenters. The fourth-order valence-electron chi connectivity index (χ4n) is 3.23. The van der Waals surface area contributed by atoms with Gasteiger partial charge in [-0.3, -0.25) is 0 Å². The van der Waals surface area contributed by atoms with Crippen LogP contribution in [0.3, 0.4) is 0 Å². The van der Waals surface area contributed by atoms with Crippen molar-refractivity contribution >= 4 is 22.7 Å². The normalized spacial score (nSPS) is 15.1. The fraction of sp³-hybridized carbons (Fsp3) is 0.263. The van der Waals surface area contributed by atoms with Crippen LogP contribution < -0.4 is 0 Å². The number of aromatic nitrogens is 3. The summed E-state index contributed by atoms with van der Waals surface area (Å²) in [6.45, 7) is 4.26. The van der Waals surface area contributed by atoms with E-state index < -0.39 is 0 Å². The summed E-state index contributed by atoms with van der Waals surface area (Å²) < 4.78 is 2.39. The van der Waals surface area contributed by atoms with Crippen LogP contribution in [-0.4, -0.2) is 14.5 Å². The maximum Gasteiger partial charge on any atom is 0.149 e. The molecule has 0 radical (unpaired) electrons. The molecule has 2 heterocycles. The van der Waals surface area contributed by atoms with Gasteiger partial charge in [0.2, 0.25) is 0 Å². The number of hydrogen-bond donors (Lipinski definition) is 1. The number of aromatic amines is 1. The number of H-pyrrole nitrogens is 1. The lowest BCUT2D eigenvalue weighted by molar-refractivity contribution is 0.699. The van der Waals surface area contributed by atoms with E-state index in [1.54, 1.807) is 0 Å². The molecule has 0 amide bonds. The van der Waals surface area contributed by atoms with Crippen LogP contribution in [0.4, 0.5) is 0 Å². The van der Waals surface area contributed by atoms with Crippen molar-refractivity contribution < 1.29 is 0 Å². The van der Waals surface area contributed by atoms with Gasteiger partial charge in [0, 0.05) is 17.4 Å². The van der Waals surface area contributed by atoms with Gasteiger partial charge in [0.1, 0.15) is 11.9 Å². The van der Waals surface area contributed by atoms with Gasteiger partial charge in [0.05, 0.1) is 16.6 Å². The molecule has 1 aliphatic carbocycles. The first-order valence-electron chi connectivity index (χ1n) is 7.92. The van der Waals surface area contributed by atoms with Crippen molar-refractivity contribution in [1.29, 1.82) is 5.26 Å². The molecule has 1 fully saturated rings. The van der Waals surface area contributed by atoms with E-state index in [1.165, 1.54) is 24.2 Å². The Morgan fingerprint density at radius 2 is 2.13 bits per heavy atom. The van der Waals surface area contributed by atoms with Crippen LogP contribution in [0, 0.1) is 25.2 Å². The van der Waals surface area contributed by atoms with Crippen LogP contribution in [0.5, 0.6) is 0 Å². The van der Waals surface area contributed by atoms with Gasteiger partial charge in [0.25, 0.3) is 0 Å². The number of hydrogen-bond acceptors (Lipinski definition) is 2. The first kappa shape index (κ1) is 13.8. The van der Waals surface area contributed by atoms with E-state index in [4.69, 9.17) is 0 Å². The quantitative estimate of drug-likeness (QED) is 0.730. The molecule has 1 saturated carbocycles. The second-order valence-corrected chi connectivity index (χ2v) is 6.20. The number of para-hydroxylation sites is 2. The van der Waals surface area contributed by atoms with Crippen LogP contribution in [0.15, 0.2) is 30.3 Å². The molecule has 4 heteroatoms. The van der Waals surface area contributed by atoms with Crippen LogP contribution in [0.2, 0.25) is 0 Å². The molecule has 3 aromatic rings. The lowest BCUT2D eigenvalue weighted by Gasteiger charge is -2.06. The van der Waals surface area contributed by atoms with E-state index in [-0.39, 0.29) is 0 Å². The Kier molecular flexibility index (Phi) is 3.09. The highest BCUT2D eigenvalue weighted by Gasteiger charge is 2.26. The van der Waals surface area contributed by atoms with Crippen LogP contribution in [0.25, 0.3) is 22.7 Å². The molecule has 1 aromatic carbocycles. The van der Waals surface area contributed by atoms with Gasteiger partial charge >= 0.3 is 0 Å². The highest BCUT2D eigenvalue weighted by Crippen LogP contribution is 2.38. The minimum atomic E-state index is 0.567. The summed E-state index contributed by atoms with van der Waals surface area (Å²) in [4.78, 5) is 7.77. The predicted molar refractivity (Wildman–Crippen MR) is 91.8 cm³/mol. The minimum absolute atomic E-state index is 0.567. The predicted octanol–water partition coefficient (Wildman–Crippen LogP) is 4.38. The van der Waals surface area contributed by atoms with Gasteiger partial charge in [-0.15, -0.1) is 0 Å². The van der Waals surface area contributed by atoms with E-state index in [0.29, 0.717) is 17.4 Å². The van der Waals surface area contributed by atoms with Gasteiger partial charge in [0.15, 0.2) is 0 Å². The van der Waals surface area contributed by atoms with Crippen LogP contribution in [-0.2, 0) is 0 Å². The number of imidazole rings is 1. The van der Waals surface area contributed by atoms with Gasteiger partial charge in [-0.2, -0.15) is 5.26 Å². The van der Waals surface area contributed by atoms with Gasteiger partial charge in [-0.1, -0.05) is 12.1 Å². The monoisotopic (exact) mass is 302 g/mol. The molecular formula is C19H18N4. The Morgan fingerprint density at radius 3 is 2.83 bits per heavy atom. The molecule has 114 valence electrons. The third kappa shape index (κ3) is 2.35. The van der Waals surface area contributed by atoms with E-state index in [9.17, 15) is 5.26 Å². The number of benzene rings is 1. The SMILES string of the molecule is Cc1cc(C=C(C#N)c2nc3ccccc3[nH]2)c(C)n1C1CC1. The van der Waals surface area contributed by atoms with Crippen molar-refractivity contribution in [2.45, 2.75) is 32.7 Å². The van der Waals surface area contributed by atoms with Crippen molar-refractivity contribution in [2.75, 3.05) is 0 Å². The van der Waals surface area contributed by atoms with Gasteiger partial charge in [-0.05, 0) is 56.5 Å². The average Bonchev–Trinajstić information content (AvgIpc) is 3.21. The summed E-state index contributed by atoms with van der Waals surface area (Å²) in [6.07, 6.45) is 4.46. The topological polar surface area (TPSA) is 57.4 Å². The third-order valence-electron chi connectivity index (χ3n) is 4.50. The van der Waals surface area contributed by atoms with Crippen molar-refractivity contribution in [3.05, 3.63) is 53.1 Å². The third-order valence-corrected chi connectivity index (χ3v) is 4.50. The second kappa shape index (κ2) is 5.13. The molecule has 0 bridgehead atoms. The number of nitrogens with zero attached hydrogens (tertiary/aromatic N) is 3. The molecule has 4 rings (SSSR count). The van der Waals surface area contributed by atoms with E-state index in [0.717, 1.165) is 16.6 Å². The number of nitrogens with one attached hydrogen (secondary N) is 1. The van der Waals surface area contributed by atoms with Crippen LogP contribution in [0.1, 0.15) is 41.7 Å². The molecule has 1 N–H and O–H groups in total. The molecule has 4 nitrogen and oxygen atoms in total. The number of aryl methyl sites for hydroxylation is 1. The zero-order valence-electron chi connectivity index (χ0n) is 13.3. The highest BCUT2D eigenvalue weighted by atomic mass is 15.1. The lowest BCUT2D eigenvalue weighted by atomic mass is 10.1. The number of rotatable bonds is 3. The number of nitriles is 1. The summed E-state index contributed by atoms with van der Waals surface area (Å²) in [7, 11) is 0. The number of allylic oxidation sites excluding steroid dienone is 1. The summed E-state index contributed by atoms with van der Waals surface area (Å²) in [5.41, 5.74) is 6.00. The molecule has 1 aliphatic rings. The van der Waals surface area contributed by atoms with E-state index in [2.05, 4.69) is 40.5 Å². The zero-order chi connectivity index (χ0) is 16.0. The molecule has 0 saturated heterocycles. The molecule has 0 spiro atoms. The Hall–Kier alpha value is -2.80. The first-order chi connectivity index (χ1) is 11.2. The lowest BCUT2D eigenvalue weighted by Crippen LogP contribution is -1.98. The summed E-state index contributed by atoms with van der Waals surface area (Å²) >= 11 is 0. The largest absolute Gasteiger partial charge is 0.346 e. The maximum absolute atomic E-state index is 9.57. The Bertz CT molecular complexity index is 928. The second-order valence-electron chi connectivity index (χ2n) is 6.20. The molecular weight excluding hydrogens is 284 g/mol. The molecule has 23 heavy (non-hydrogen) atoms. The Labute approximate surface area is 135 Å². The average molecular weight is 302 g/mol. The summed E-state index contributed by atoms with van der Waals surface area (Å²) in [5, 5.41) is 9.57. The minimum Gasteiger partial charge on any atom is -0.346 e. The number of fused-ring (bicyclic) bond motifs is 1. The zero-order valence-corrected chi connectivity index (χ0v) is 13.3. The maximum atomic E-state index is 9.57. The summed E-state index contributed by atoms with van der Waals surface area (Å²) in [5.74, 6) is 0.630. The standard InChI is InChI=1S/C19H18N4/c1-12-9-14(13(2)23(12)16-7-8-16)10-15(11-20)19-21-17-5-3-4-6-18(17)22-19/h3-6,9-10,16H,7-8H2,1-2H3,(H,21,22). The van der Waals surface area contributed by atoms with Crippen LogP contribution >= 0.6 is 0 Å². The van der Waals surface area contributed by atoms with E-state index in [1.807, 2.05) is 30.3 Å². The molecule has 0 atom stereocenters. The first-order valence-corrected chi connectivity index (χ1v) is 7.92. The molecule has 0 aliphatic heterocycles. The Morgan fingerprint density at radius 1 is 1.35 bits per heavy atom. The smallest absolute Gasteiger partial charge is 0.149 e. The fourth-order valence-corrected chi connectivity index (χ4v) is 3.23. The van der Waals surface area contributed by atoms with E-state index >= 15 is 0 Å². The van der Waals surface area contributed by atoms with Crippen molar-refractivity contribution in [3.8, 4) is 6.07 Å². The molecule has 2 aromatic heterocycles. The van der Waals surface area contributed by atoms with Crippen molar-refractivity contribution in [2.24, 2.45) is 0 Å². The van der Waals surface area contributed by atoms with Gasteiger partial charge < -0.3 is 9.55 Å². The Balaban J connectivity index is 1.79. The van der Waals surface area contributed by atoms with Crippen molar-refractivity contribution in [1.82, 2.24) is 14.5 Å². The summed E-state index contributed by atoms with van der Waals surface area (Å²) in [6, 6.07) is 12.9.